The molecule has 0 N–H and O–H groups in total. The molecule has 2 aromatic carbocycles. The predicted molar refractivity (Wildman–Crippen MR) is 149 cm³/mol. The van der Waals surface area contributed by atoms with Crippen molar-refractivity contribution in [2.45, 2.75) is 46.5 Å². The van der Waals surface area contributed by atoms with Gasteiger partial charge >= 0.3 is 0 Å². The third kappa shape index (κ3) is 5.40. The lowest BCUT2D eigenvalue weighted by Crippen LogP contribution is -2.17. The normalized spacial score (nSPS) is 13.1. The van der Waals surface area contributed by atoms with Crippen molar-refractivity contribution in [2.75, 3.05) is 13.6 Å². The molecule has 0 saturated carbocycles. The maximum atomic E-state index is 13.6. The Morgan fingerprint density at radius 2 is 1.92 bits per heavy atom. The number of unbranched alkanes of at least 4 members (excludes halogenated alkanes) is 1. The first-order valence-corrected chi connectivity index (χ1v) is 12.7. The largest absolute Gasteiger partial charge is 0.375 e. The summed E-state index contributed by atoms with van der Waals surface area (Å²) in [5.41, 5.74) is 6.82. The van der Waals surface area contributed by atoms with Crippen LogP contribution < -0.4 is 0 Å². The smallest absolute Gasteiger partial charge is 0.192 e. The lowest BCUT2D eigenvalue weighted by Gasteiger charge is -2.22. The SMILES string of the molecule is C=C(c1cccc2ccccc12)N(C)CCCC.CC1=C(c2cc(C)n3ncc(F)c3n2)CCC=C1. The highest BCUT2D eigenvalue weighted by atomic mass is 19.1. The van der Waals surface area contributed by atoms with Crippen molar-refractivity contribution in [2.24, 2.45) is 0 Å². The number of allylic oxidation sites excluding steroid dienone is 4. The molecule has 1 aliphatic rings. The second kappa shape index (κ2) is 11.3. The number of fused-ring (bicyclic) bond motifs is 2. The molecule has 0 spiro atoms. The summed E-state index contributed by atoms with van der Waals surface area (Å²) >= 11 is 0. The van der Waals surface area contributed by atoms with Crippen molar-refractivity contribution < 1.29 is 4.39 Å². The second-order valence-electron chi connectivity index (χ2n) is 9.36. The van der Waals surface area contributed by atoms with Gasteiger partial charge in [0.1, 0.15) is 0 Å². The molecule has 2 aromatic heterocycles. The van der Waals surface area contributed by atoms with Crippen LogP contribution in [0.5, 0.6) is 0 Å². The fourth-order valence-corrected chi connectivity index (χ4v) is 4.57. The summed E-state index contributed by atoms with van der Waals surface area (Å²) in [4.78, 5) is 6.66. The van der Waals surface area contributed by atoms with Crippen molar-refractivity contribution in [3.63, 3.8) is 0 Å². The maximum Gasteiger partial charge on any atom is 0.192 e. The summed E-state index contributed by atoms with van der Waals surface area (Å²) in [6.07, 6.45) is 9.87. The molecule has 2 heterocycles. The molecule has 0 atom stereocenters. The third-order valence-electron chi connectivity index (χ3n) is 6.73. The van der Waals surface area contributed by atoms with Gasteiger partial charge < -0.3 is 4.90 Å². The molecular formula is C31H35FN4. The molecule has 186 valence electrons. The van der Waals surface area contributed by atoms with Crippen LogP contribution in [0.2, 0.25) is 0 Å². The van der Waals surface area contributed by atoms with E-state index >= 15 is 0 Å². The van der Waals surface area contributed by atoms with Gasteiger partial charge in [-0.2, -0.15) is 5.10 Å². The van der Waals surface area contributed by atoms with Gasteiger partial charge in [0.25, 0.3) is 0 Å². The highest BCUT2D eigenvalue weighted by Gasteiger charge is 2.14. The highest BCUT2D eigenvalue weighted by Crippen LogP contribution is 2.28. The monoisotopic (exact) mass is 482 g/mol. The van der Waals surface area contributed by atoms with E-state index in [1.807, 2.05) is 13.0 Å². The van der Waals surface area contributed by atoms with Gasteiger partial charge in [0.15, 0.2) is 11.5 Å². The Kier molecular flexibility index (Phi) is 7.99. The van der Waals surface area contributed by atoms with Gasteiger partial charge in [0.05, 0.1) is 11.9 Å². The third-order valence-corrected chi connectivity index (χ3v) is 6.73. The first-order chi connectivity index (χ1) is 17.4. The quantitative estimate of drug-likeness (QED) is 0.281. The van der Waals surface area contributed by atoms with Crippen LogP contribution >= 0.6 is 0 Å². The molecule has 0 fully saturated rings. The van der Waals surface area contributed by atoms with Crippen molar-refractivity contribution >= 4 is 27.7 Å². The molecule has 0 bridgehead atoms. The average molecular weight is 483 g/mol. The van der Waals surface area contributed by atoms with Gasteiger partial charge in [-0.15, -0.1) is 0 Å². The first-order valence-electron chi connectivity index (χ1n) is 12.7. The van der Waals surface area contributed by atoms with Crippen LogP contribution in [-0.2, 0) is 0 Å². The number of hydrogen-bond acceptors (Lipinski definition) is 3. The van der Waals surface area contributed by atoms with E-state index in [2.05, 4.69) is 97.1 Å². The van der Waals surface area contributed by atoms with E-state index in [0.717, 1.165) is 36.5 Å². The van der Waals surface area contributed by atoms with E-state index in [1.165, 1.54) is 51.0 Å². The molecule has 4 nitrogen and oxygen atoms in total. The molecule has 36 heavy (non-hydrogen) atoms. The molecular weight excluding hydrogens is 447 g/mol. The second-order valence-corrected chi connectivity index (χ2v) is 9.36. The molecule has 0 aliphatic heterocycles. The number of benzene rings is 2. The Morgan fingerprint density at radius 1 is 1.14 bits per heavy atom. The number of halogens is 1. The average Bonchev–Trinajstić information content (AvgIpc) is 3.28. The summed E-state index contributed by atoms with van der Waals surface area (Å²) < 4.78 is 15.1. The lowest BCUT2D eigenvalue weighted by atomic mass is 9.95. The van der Waals surface area contributed by atoms with Crippen LogP contribution in [0.3, 0.4) is 0 Å². The number of aryl methyl sites for hydroxylation is 1. The first kappa shape index (κ1) is 25.4. The van der Waals surface area contributed by atoms with Crippen LogP contribution in [0.15, 0.2) is 79.0 Å². The van der Waals surface area contributed by atoms with E-state index < -0.39 is 0 Å². The van der Waals surface area contributed by atoms with Gasteiger partial charge in [-0.05, 0) is 61.1 Å². The van der Waals surface area contributed by atoms with Crippen LogP contribution in [0.1, 0.15) is 56.5 Å². The van der Waals surface area contributed by atoms with Crippen LogP contribution in [0.4, 0.5) is 4.39 Å². The molecule has 4 aromatic rings. The molecule has 0 unspecified atom stereocenters. The number of nitrogens with zero attached hydrogens (tertiary/aromatic N) is 4. The fraction of sp³-hybridized carbons (Fsp3) is 0.290. The van der Waals surface area contributed by atoms with Crippen molar-refractivity contribution in [3.8, 4) is 0 Å². The summed E-state index contributed by atoms with van der Waals surface area (Å²) in [5, 5.41) is 6.54. The fourth-order valence-electron chi connectivity index (χ4n) is 4.57. The maximum absolute atomic E-state index is 13.6. The van der Waals surface area contributed by atoms with E-state index in [-0.39, 0.29) is 5.82 Å². The highest BCUT2D eigenvalue weighted by molar-refractivity contribution is 5.93. The Bertz CT molecular complexity index is 1440. The van der Waals surface area contributed by atoms with Gasteiger partial charge in [0.2, 0.25) is 0 Å². The number of rotatable bonds is 6. The molecule has 5 rings (SSSR count). The number of hydrogen-bond donors (Lipinski definition) is 0. The van der Waals surface area contributed by atoms with Crippen molar-refractivity contribution in [3.05, 3.63) is 102 Å². The van der Waals surface area contributed by atoms with Crippen molar-refractivity contribution in [1.29, 1.82) is 0 Å². The minimum atomic E-state index is -0.371. The molecule has 1 aliphatic carbocycles. The Hall–Kier alpha value is -3.73. The van der Waals surface area contributed by atoms with Crippen LogP contribution in [-0.4, -0.2) is 33.1 Å². The van der Waals surface area contributed by atoms with E-state index in [9.17, 15) is 4.39 Å². The van der Waals surface area contributed by atoms with Crippen LogP contribution in [0, 0.1) is 12.7 Å². The summed E-state index contributed by atoms with van der Waals surface area (Å²) in [7, 11) is 2.12. The minimum Gasteiger partial charge on any atom is -0.375 e. The zero-order valence-electron chi connectivity index (χ0n) is 21.8. The molecule has 0 saturated heterocycles. The van der Waals surface area contributed by atoms with E-state index in [0.29, 0.717) is 5.65 Å². The number of aromatic nitrogens is 3. The Balaban J connectivity index is 0.000000169. The standard InChI is InChI=1S/C17H21N.C14H14FN3/c1-4-5-13-18(3)14(2)16-12-8-10-15-9-6-7-11-17(15)16;1-9-5-3-4-6-11(9)13-7-10(2)18-14(17-13)12(15)8-16-18/h6-12H,2,4-5,13H2,1,3H3;3,5,7-8H,4,6H2,1-2H3. The van der Waals surface area contributed by atoms with E-state index in [4.69, 9.17) is 0 Å². The summed E-state index contributed by atoms with van der Waals surface area (Å²) in [6.45, 7) is 11.5. The Labute approximate surface area is 213 Å². The summed E-state index contributed by atoms with van der Waals surface area (Å²) in [5.74, 6) is -0.371. The zero-order valence-corrected chi connectivity index (χ0v) is 21.8. The van der Waals surface area contributed by atoms with Gasteiger partial charge in [-0.1, -0.05) is 74.5 Å². The van der Waals surface area contributed by atoms with Crippen molar-refractivity contribution in [1.82, 2.24) is 19.5 Å². The van der Waals surface area contributed by atoms with E-state index in [1.54, 1.807) is 0 Å². The predicted octanol–water partition coefficient (Wildman–Crippen LogP) is 7.84. The zero-order chi connectivity index (χ0) is 25.7. The van der Waals surface area contributed by atoms with Gasteiger partial charge in [0, 0.05) is 30.5 Å². The molecule has 5 heteroatoms. The topological polar surface area (TPSA) is 33.4 Å². The Morgan fingerprint density at radius 3 is 2.69 bits per heavy atom. The minimum absolute atomic E-state index is 0.305. The molecule has 0 amide bonds. The lowest BCUT2D eigenvalue weighted by molar-refractivity contribution is 0.464. The van der Waals surface area contributed by atoms with Crippen LogP contribution in [0.25, 0.3) is 27.7 Å². The molecule has 0 radical (unpaired) electrons. The van der Waals surface area contributed by atoms with Gasteiger partial charge in [-0.3, -0.25) is 0 Å². The van der Waals surface area contributed by atoms with Gasteiger partial charge in [-0.25, -0.2) is 13.9 Å². The summed E-state index contributed by atoms with van der Waals surface area (Å²) in [6, 6.07) is 16.9.